The lowest BCUT2D eigenvalue weighted by atomic mass is 9.89. The third-order valence-electron chi connectivity index (χ3n) is 4.77. The molecule has 1 aromatic carbocycles. The Hall–Kier alpha value is -1.42. The Kier molecular flexibility index (Phi) is 4.24. The van der Waals surface area contributed by atoms with Crippen LogP contribution in [0.4, 0.5) is 4.39 Å². The Morgan fingerprint density at radius 1 is 1.38 bits per heavy atom. The smallest absolute Gasteiger partial charge is 0.220 e. The molecule has 0 spiro atoms. The van der Waals surface area contributed by atoms with Gasteiger partial charge in [0.25, 0.3) is 0 Å². The van der Waals surface area contributed by atoms with Crippen molar-refractivity contribution in [2.75, 3.05) is 0 Å². The average molecular weight is 290 g/mol. The molecule has 3 rings (SSSR count). The fourth-order valence-corrected chi connectivity index (χ4v) is 3.76. The van der Waals surface area contributed by atoms with Crippen LogP contribution in [0.15, 0.2) is 24.3 Å². The number of carbonyl (C=O) groups excluding carboxylic acids is 1. The third-order valence-corrected chi connectivity index (χ3v) is 4.77. The molecule has 1 aromatic rings. The Morgan fingerprint density at radius 3 is 2.76 bits per heavy atom. The Labute approximate surface area is 125 Å². The predicted octanol–water partition coefficient (Wildman–Crippen LogP) is 2.92. The first-order valence-corrected chi connectivity index (χ1v) is 7.91. The lowest BCUT2D eigenvalue weighted by Gasteiger charge is -2.29. The van der Waals surface area contributed by atoms with Crippen LogP contribution < -0.4 is 10.6 Å². The number of halogens is 1. The molecule has 2 heterocycles. The second-order valence-electron chi connectivity index (χ2n) is 6.52. The van der Waals surface area contributed by atoms with Gasteiger partial charge in [0.05, 0.1) is 6.04 Å². The second kappa shape index (κ2) is 6.14. The summed E-state index contributed by atoms with van der Waals surface area (Å²) in [5.74, 6) is 0.310. The van der Waals surface area contributed by atoms with Gasteiger partial charge in [-0.25, -0.2) is 4.39 Å². The number of piperidine rings is 1. The van der Waals surface area contributed by atoms with Crippen LogP contribution in [0.2, 0.25) is 0 Å². The zero-order valence-electron chi connectivity index (χ0n) is 12.4. The summed E-state index contributed by atoms with van der Waals surface area (Å²) in [4.78, 5) is 12.2. The van der Waals surface area contributed by atoms with Gasteiger partial charge in [0.15, 0.2) is 0 Å². The van der Waals surface area contributed by atoms with Gasteiger partial charge in [0.2, 0.25) is 5.91 Å². The zero-order valence-corrected chi connectivity index (χ0v) is 12.4. The van der Waals surface area contributed by atoms with E-state index in [4.69, 9.17) is 0 Å². The van der Waals surface area contributed by atoms with Crippen molar-refractivity contribution >= 4 is 5.91 Å². The molecule has 4 heteroatoms. The summed E-state index contributed by atoms with van der Waals surface area (Å²) in [6, 6.07) is 7.51. The van der Waals surface area contributed by atoms with Crippen molar-refractivity contribution in [2.24, 2.45) is 5.92 Å². The maximum atomic E-state index is 13.2. The summed E-state index contributed by atoms with van der Waals surface area (Å²) in [6.07, 6.45) is 5.32. The van der Waals surface area contributed by atoms with Crippen molar-refractivity contribution in [3.8, 4) is 0 Å². The number of benzene rings is 1. The highest BCUT2D eigenvalue weighted by molar-refractivity contribution is 5.76. The van der Waals surface area contributed by atoms with Crippen molar-refractivity contribution in [1.82, 2.24) is 10.6 Å². The predicted molar refractivity (Wildman–Crippen MR) is 80.2 cm³/mol. The number of rotatable bonds is 4. The van der Waals surface area contributed by atoms with Gasteiger partial charge in [-0.2, -0.15) is 0 Å². The van der Waals surface area contributed by atoms with Gasteiger partial charge in [-0.1, -0.05) is 12.1 Å². The largest absolute Gasteiger partial charge is 0.350 e. The first kappa shape index (κ1) is 14.5. The minimum atomic E-state index is -0.261. The summed E-state index contributed by atoms with van der Waals surface area (Å²) in [5, 5.41) is 6.59. The van der Waals surface area contributed by atoms with E-state index in [1.54, 1.807) is 6.07 Å². The first-order chi connectivity index (χ1) is 10.1. The molecule has 0 aliphatic carbocycles. The van der Waals surface area contributed by atoms with Gasteiger partial charge in [-0.05, 0) is 56.2 Å². The van der Waals surface area contributed by atoms with Crippen molar-refractivity contribution < 1.29 is 9.18 Å². The molecule has 0 aromatic heterocycles. The molecule has 2 aliphatic heterocycles. The van der Waals surface area contributed by atoms with Crippen LogP contribution in [0.1, 0.15) is 50.6 Å². The first-order valence-electron chi connectivity index (χ1n) is 7.91. The summed E-state index contributed by atoms with van der Waals surface area (Å²) >= 11 is 0. The summed E-state index contributed by atoms with van der Waals surface area (Å²) in [6.45, 7) is 1.90. The Morgan fingerprint density at radius 2 is 2.10 bits per heavy atom. The molecule has 21 heavy (non-hydrogen) atoms. The van der Waals surface area contributed by atoms with Crippen LogP contribution in [0.25, 0.3) is 0 Å². The van der Waals surface area contributed by atoms with E-state index in [-0.39, 0.29) is 17.8 Å². The number of nitrogens with one attached hydrogen (secondary N) is 2. The normalized spacial score (nSPS) is 29.1. The molecule has 2 bridgehead atoms. The zero-order chi connectivity index (χ0) is 14.8. The van der Waals surface area contributed by atoms with E-state index in [0.717, 1.165) is 18.4 Å². The van der Waals surface area contributed by atoms with Crippen LogP contribution in [-0.4, -0.2) is 18.0 Å². The summed E-state index contributed by atoms with van der Waals surface area (Å²) in [7, 11) is 0. The van der Waals surface area contributed by atoms with Gasteiger partial charge >= 0.3 is 0 Å². The van der Waals surface area contributed by atoms with Crippen molar-refractivity contribution in [2.45, 2.75) is 57.2 Å². The van der Waals surface area contributed by atoms with Crippen LogP contribution in [0, 0.1) is 11.7 Å². The van der Waals surface area contributed by atoms with E-state index in [1.165, 1.54) is 25.0 Å². The number of hydrogen-bond acceptors (Lipinski definition) is 2. The van der Waals surface area contributed by atoms with Gasteiger partial charge in [-0.3, -0.25) is 4.79 Å². The number of amides is 1. The average Bonchev–Trinajstić information content (AvgIpc) is 2.77. The van der Waals surface area contributed by atoms with E-state index in [9.17, 15) is 9.18 Å². The van der Waals surface area contributed by atoms with Crippen LogP contribution in [0.5, 0.6) is 0 Å². The van der Waals surface area contributed by atoms with Gasteiger partial charge in [-0.15, -0.1) is 0 Å². The summed E-state index contributed by atoms with van der Waals surface area (Å²) in [5.41, 5.74) is 0.814. The third kappa shape index (κ3) is 3.62. The number of fused-ring (bicyclic) bond motifs is 2. The molecular formula is C17H23FN2O. The quantitative estimate of drug-likeness (QED) is 0.895. The van der Waals surface area contributed by atoms with Crippen LogP contribution >= 0.6 is 0 Å². The van der Waals surface area contributed by atoms with Crippen molar-refractivity contribution in [3.05, 3.63) is 35.6 Å². The molecule has 0 radical (unpaired) electrons. The number of hydrogen-bond donors (Lipinski definition) is 2. The number of carbonyl (C=O) groups is 1. The van der Waals surface area contributed by atoms with Gasteiger partial charge in [0, 0.05) is 18.5 Å². The lowest BCUT2D eigenvalue weighted by molar-refractivity contribution is -0.122. The molecular weight excluding hydrogens is 267 g/mol. The minimum absolute atomic E-state index is 0.0815. The Bertz CT molecular complexity index is 507. The molecule has 2 saturated heterocycles. The molecule has 2 N–H and O–H groups in total. The van der Waals surface area contributed by atoms with E-state index < -0.39 is 0 Å². The standard InChI is InChI=1S/C17H23FN2O/c1-11(13-3-2-4-14(18)10-13)19-17(21)9-12-7-15-5-6-16(8-12)20-15/h2-4,10-12,15-16,20H,5-9H2,1H3,(H,19,21). The Balaban J connectivity index is 1.52. The SMILES string of the molecule is CC(NC(=O)CC1CC2CCC(C1)N2)c1cccc(F)c1. The fraction of sp³-hybridized carbons (Fsp3) is 0.588. The fourth-order valence-electron chi connectivity index (χ4n) is 3.76. The van der Waals surface area contributed by atoms with Gasteiger partial charge in [0.1, 0.15) is 5.82 Å². The van der Waals surface area contributed by atoms with Crippen molar-refractivity contribution in [1.29, 1.82) is 0 Å². The molecule has 3 atom stereocenters. The molecule has 3 unspecified atom stereocenters. The molecule has 1 amide bonds. The minimum Gasteiger partial charge on any atom is -0.350 e. The van der Waals surface area contributed by atoms with E-state index in [0.29, 0.717) is 24.4 Å². The van der Waals surface area contributed by atoms with Crippen molar-refractivity contribution in [3.63, 3.8) is 0 Å². The highest BCUT2D eigenvalue weighted by atomic mass is 19.1. The van der Waals surface area contributed by atoms with Crippen LogP contribution in [0.3, 0.4) is 0 Å². The molecule has 2 aliphatic rings. The monoisotopic (exact) mass is 290 g/mol. The highest BCUT2D eigenvalue weighted by Gasteiger charge is 2.34. The maximum absolute atomic E-state index is 13.2. The van der Waals surface area contributed by atoms with Crippen LogP contribution in [-0.2, 0) is 4.79 Å². The maximum Gasteiger partial charge on any atom is 0.220 e. The summed E-state index contributed by atoms with van der Waals surface area (Å²) < 4.78 is 13.2. The molecule has 2 fully saturated rings. The lowest BCUT2D eigenvalue weighted by Crippen LogP contribution is -2.40. The molecule has 0 saturated carbocycles. The van der Waals surface area contributed by atoms with Gasteiger partial charge < -0.3 is 10.6 Å². The molecule has 3 nitrogen and oxygen atoms in total. The topological polar surface area (TPSA) is 41.1 Å². The van der Waals surface area contributed by atoms with E-state index in [2.05, 4.69) is 10.6 Å². The second-order valence-corrected chi connectivity index (χ2v) is 6.52. The molecule has 114 valence electrons. The van der Waals surface area contributed by atoms with E-state index >= 15 is 0 Å². The van der Waals surface area contributed by atoms with E-state index in [1.807, 2.05) is 13.0 Å². The highest BCUT2D eigenvalue weighted by Crippen LogP contribution is 2.32.